The Kier molecular flexibility index (Phi) is 7.48. The molecule has 1 aliphatic heterocycles. The number of rotatable bonds is 10. The predicted octanol–water partition coefficient (Wildman–Crippen LogP) is 1.72. The number of carboxylic acids is 1. The van der Waals surface area contributed by atoms with Gasteiger partial charge < -0.3 is 20.1 Å². The van der Waals surface area contributed by atoms with E-state index in [9.17, 15) is 9.90 Å². The van der Waals surface area contributed by atoms with Gasteiger partial charge >= 0.3 is 5.97 Å². The van der Waals surface area contributed by atoms with Crippen LogP contribution < -0.4 is 5.32 Å². The molecule has 20 heavy (non-hydrogen) atoms. The molecule has 2 unspecified atom stereocenters. The Bertz CT molecular complexity index is 299. The monoisotopic (exact) mass is 286 g/mol. The maximum atomic E-state index is 11.4. The van der Waals surface area contributed by atoms with Gasteiger partial charge in [-0.25, -0.2) is 0 Å². The summed E-state index contributed by atoms with van der Waals surface area (Å²) in [5, 5.41) is 12.5. The quantitative estimate of drug-likeness (QED) is 0.599. The van der Waals surface area contributed by atoms with Crippen molar-refractivity contribution in [2.75, 3.05) is 33.3 Å². The zero-order chi connectivity index (χ0) is 15.0. The van der Waals surface area contributed by atoms with Crippen LogP contribution in [0.4, 0.5) is 0 Å². The van der Waals surface area contributed by atoms with Crippen LogP contribution in [0.3, 0.4) is 0 Å². The lowest BCUT2D eigenvalue weighted by Gasteiger charge is -2.26. The number of carbonyl (C=O) groups is 1. The highest BCUT2D eigenvalue weighted by Gasteiger charge is 2.31. The molecule has 2 atom stereocenters. The summed E-state index contributed by atoms with van der Waals surface area (Å²) in [4.78, 5) is 13.8. The molecule has 0 radical (unpaired) electrons. The second-order valence-electron chi connectivity index (χ2n) is 5.97. The Hall–Kier alpha value is -0.650. The van der Waals surface area contributed by atoms with Gasteiger partial charge in [-0.05, 0) is 52.1 Å². The van der Waals surface area contributed by atoms with Crippen molar-refractivity contribution in [3.8, 4) is 0 Å². The molecule has 5 nitrogen and oxygen atoms in total. The lowest BCUT2D eigenvalue weighted by atomic mass is 9.94. The average Bonchev–Trinajstić information content (AvgIpc) is 2.89. The maximum absolute atomic E-state index is 11.4. The third kappa shape index (κ3) is 5.38. The van der Waals surface area contributed by atoms with E-state index in [2.05, 4.69) is 17.1 Å². The molecule has 118 valence electrons. The van der Waals surface area contributed by atoms with E-state index in [-0.39, 0.29) is 0 Å². The van der Waals surface area contributed by atoms with E-state index in [0.29, 0.717) is 12.5 Å². The number of carboxylic acid groups (broad SMARTS) is 1. The van der Waals surface area contributed by atoms with Gasteiger partial charge in [0.2, 0.25) is 0 Å². The maximum Gasteiger partial charge on any atom is 0.323 e. The van der Waals surface area contributed by atoms with Crippen molar-refractivity contribution in [1.29, 1.82) is 0 Å². The molecule has 0 aromatic heterocycles. The zero-order valence-electron chi connectivity index (χ0n) is 13.2. The summed E-state index contributed by atoms with van der Waals surface area (Å²) in [5.41, 5.74) is -0.782. The van der Waals surface area contributed by atoms with Crippen molar-refractivity contribution in [3.63, 3.8) is 0 Å². The van der Waals surface area contributed by atoms with E-state index in [4.69, 9.17) is 4.74 Å². The Morgan fingerprint density at radius 3 is 2.80 bits per heavy atom. The average molecular weight is 286 g/mol. The molecular weight excluding hydrogens is 256 g/mol. The molecular formula is C15H30N2O3. The Labute approximate surface area is 122 Å². The molecule has 5 heteroatoms. The highest BCUT2D eigenvalue weighted by atomic mass is 16.5. The van der Waals surface area contributed by atoms with E-state index < -0.39 is 11.5 Å². The number of unbranched alkanes of at least 4 members (excludes halogenated alkanes) is 1. The summed E-state index contributed by atoms with van der Waals surface area (Å²) in [7, 11) is 1.77. The summed E-state index contributed by atoms with van der Waals surface area (Å²) in [6, 6.07) is 0. The number of hydrogen-bond donors (Lipinski definition) is 2. The number of likely N-dealkylation sites (tertiary alicyclic amines) is 1. The molecule has 1 aliphatic rings. The number of methoxy groups -OCH3 is 1. The van der Waals surface area contributed by atoms with Crippen molar-refractivity contribution >= 4 is 5.97 Å². The minimum absolute atomic E-state index is 0.380. The molecule has 0 saturated carbocycles. The molecule has 1 saturated heterocycles. The number of ether oxygens (including phenoxy) is 1. The van der Waals surface area contributed by atoms with Gasteiger partial charge in [0.15, 0.2) is 0 Å². The highest BCUT2D eigenvalue weighted by Crippen LogP contribution is 2.17. The lowest BCUT2D eigenvalue weighted by Crippen LogP contribution is -2.49. The largest absolute Gasteiger partial charge is 0.480 e. The first kappa shape index (κ1) is 17.4. The van der Waals surface area contributed by atoms with Crippen molar-refractivity contribution in [1.82, 2.24) is 10.2 Å². The second kappa shape index (κ2) is 8.60. The first-order chi connectivity index (χ1) is 9.51. The van der Waals surface area contributed by atoms with Crippen LogP contribution in [0, 0.1) is 0 Å². The van der Waals surface area contributed by atoms with E-state index in [1.807, 2.05) is 0 Å². The van der Waals surface area contributed by atoms with Crippen LogP contribution in [0.5, 0.6) is 0 Å². The summed E-state index contributed by atoms with van der Waals surface area (Å²) in [6.45, 7) is 7.76. The van der Waals surface area contributed by atoms with E-state index in [1.165, 1.54) is 0 Å². The molecule has 1 heterocycles. The van der Waals surface area contributed by atoms with Crippen molar-refractivity contribution in [2.45, 2.75) is 57.6 Å². The smallest absolute Gasteiger partial charge is 0.323 e. The molecule has 0 amide bonds. The topological polar surface area (TPSA) is 61.8 Å². The van der Waals surface area contributed by atoms with E-state index in [1.54, 1.807) is 14.0 Å². The van der Waals surface area contributed by atoms with Crippen LogP contribution >= 0.6 is 0 Å². The van der Waals surface area contributed by atoms with Gasteiger partial charge in [0.1, 0.15) is 5.54 Å². The van der Waals surface area contributed by atoms with Crippen molar-refractivity contribution in [2.24, 2.45) is 0 Å². The van der Waals surface area contributed by atoms with Gasteiger partial charge in [0, 0.05) is 20.2 Å². The minimum Gasteiger partial charge on any atom is -0.480 e. The van der Waals surface area contributed by atoms with E-state index >= 15 is 0 Å². The lowest BCUT2D eigenvalue weighted by molar-refractivity contribution is -0.144. The van der Waals surface area contributed by atoms with Crippen molar-refractivity contribution in [3.05, 3.63) is 0 Å². The minimum atomic E-state index is -0.782. The Morgan fingerprint density at radius 1 is 1.50 bits per heavy atom. The molecule has 1 fully saturated rings. The fraction of sp³-hybridized carbons (Fsp3) is 0.933. The Morgan fingerprint density at radius 2 is 2.25 bits per heavy atom. The molecule has 0 bridgehead atoms. The van der Waals surface area contributed by atoms with Crippen molar-refractivity contribution < 1.29 is 14.6 Å². The number of hydrogen-bond acceptors (Lipinski definition) is 4. The normalized spacial score (nSPS) is 22.9. The standard InChI is InChI=1S/C15H30N2O3/c1-4-9-16-15(2,14(18)19)8-5-6-10-17-11-7-13(12-17)20-3/h13,16H,4-12H2,1-3H3,(H,18,19). The zero-order valence-corrected chi connectivity index (χ0v) is 13.2. The van der Waals surface area contributed by atoms with Gasteiger partial charge in [0.05, 0.1) is 6.10 Å². The third-order valence-corrected chi connectivity index (χ3v) is 4.20. The summed E-state index contributed by atoms with van der Waals surface area (Å²) < 4.78 is 5.35. The van der Waals surface area contributed by atoms with Gasteiger partial charge in [-0.3, -0.25) is 4.79 Å². The SMILES string of the molecule is CCCNC(C)(CCCCN1CCC(OC)C1)C(=O)O. The number of nitrogens with zero attached hydrogens (tertiary/aromatic N) is 1. The molecule has 2 N–H and O–H groups in total. The van der Waals surface area contributed by atoms with Crippen LogP contribution in [-0.4, -0.2) is 60.9 Å². The fourth-order valence-electron chi connectivity index (χ4n) is 2.68. The van der Waals surface area contributed by atoms with Crippen LogP contribution in [0.25, 0.3) is 0 Å². The summed E-state index contributed by atoms with van der Waals surface area (Å²) in [5.74, 6) is -0.744. The van der Waals surface area contributed by atoms with Crippen LogP contribution in [0.2, 0.25) is 0 Å². The molecule has 0 aromatic carbocycles. The predicted molar refractivity (Wildman–Crippen MR) is 80.0 cm³/mol. The van der Waals surface area contributed by atoms with E-state index in [0.717, 1.165) is 51.9 Å². The third-order valence-electron chi connectivity index (χ3n) is 4.20. The first-order valence-corrected chi connectivity index (χ1v) is 7.75. The van der Waals surface area contributed by atoms with Gasteiger partial charge in [-0.1, -0.05) is 6.92 Å². The highest BCUT2D eigenvalue weighted by molar-refractivity contribution is 5.78. The van der Waals surface area contributed by atoms with Crippen LogP contribution in [0.15, 0.2) is 0 Å². The summed E-state index contributed by atoms with van der Waals surface area (Å²) >= 11 is 0. The molecule has 0 aliphatic carbocycles. The molecule has 1 rings (SSSR count). The second-order valence-corrected chi connectivity index (χ2v) is 5.97. The number of aliphatic carboxylic acids is 1. The Balaban J connectivity index is 2.22. The van der Waals surface area contributed by atoms with Crippen LogP contribution in [0.1, 0.15) is 46.0 Å². The van der Waals surface area contributed by atoms with Crippen LogP contribution in [-0.2, 0) is 9.53 Å². The van der Waals surface area contributed by atoms with Gasteiger partial charge in [-0.15, -0.1) is 0 Å². The number of nitrogens with one attached hydrogen (secondary N) is 1. The molecule has 0 aromatic rings. The fourth-order valence-corrected chi connectivity index (χ4v) is 2.68. The van der Waals surface area contributed by atoms with Gasteiger partial charge in [0.25, 0.3) is 0 Å². The molecule has 0 spiro atoms. The first-order valence-electron chi connectivity index (χ1n) is 7.75. The summed E-state index contributed by atoms with van der Waals surface area (Å²) in [6.07, 6.45) is 5.12. The van der Waals surface area contributed by atoms with Gasteiger partial charge in [-0.2, -0.15) is 0 Å².